The van der Waals surface area contributed by atoms with Gasteiger partial charge in [-0.25, -0.2) is 0 Å². The van der Waals surface area contributed by atoms with Crippen molar-refractivity contribution in [2.24, 2.45) is 0 Å². The topological polar surface area (TPSA) is 20.3 Å². The van der Waals surface area contributed by atoms with Crippen LogP contribution in [0.1, 0.15) is 22.2 Å². The van der Waals surface area contributed by atoms with Gasteiger partial charge < -0.3 is 4.90 Å². The van der Waals surface area contributed by atoms with Crippen LogP contribution >= 0.6 is 27.3 Å². The molecule has 1 aromatic carbocycles. The lowest BCUT2D eigenvalue weighted by Gasteiger charge is -2.24. The van der Waals surface area contributed by atoms with E-state index in [1.807, 2.05) is 42.3 Å². The highest BCUT2D eigenvalue weighted by Crippen LogP contribution is 2.16. The Hall–Kier alpha value is -1.13. The fourth-order valence-electron chi connectivity index (χ4n) is 1.85. The van der Waals surface area contributed by atoms with Gasteiger partial charge in [-0.15, -0.1) is 11.3 Å². The van der Waals surface area contributed by atoms with Crippen LogP contribution in [0.5, 0.6) is 0 Å². The molecule has 4 heteroatoms. The molecule has 0 fully saturated rings. The largest absolute Gasteiger partial charge is 0.339 e. The molecule has 0 N–H and O–H groups in total. The van der Waals surface area contributed by atoms with E-state index in [0.29, 0.717) is 0 Å². The van der Waals surface area contributed by atoms with E-state index in [2.05, 4.69) is 34.3 Å². The fourth-order valence-corrected chi connectivity index (χ4v) is 2.94. The summed E-state index contributed by atoms with van der Waals surface area (Å²) in [6.07, 6.45) is 0.899. The Labute approximate surface area is 126 Å². The number of amides is 1. The van der Waals surface area contributed by atoms with E-state index >= 15 is 0 Å². The van der Waals surface area contributed by atoms with E-state index in [9.17, 15) is 4.79 Å². The van der Waals surface area contributed by atoms with Crippen molar-refractivity contribution >= 4 is 33.2 Å². The molecule has 1 atom stereocenters. The average Bonchev–Trinajstić information content (AvgIpc) is 2.90. The standard InChI is InChI=1S/C15H16BrNOS/c1-11(10-14-4-3-9-19-14)17(2)15(18)12-5-7-13(16)8-6-12/h3-9,11H,10H2,1-2H3. The molecule has 0 saturated heterocycles. The van der Waals surface area contributed by atoms with Crippen LogP contribution in [0.4, 0.5) is 0 Å². The SMILES string of the molecule is CC(Cc1cccs1)N(C)C(=O)c1ccc(Br)cc1. The third-order valence-electron chi connectivity index (χ3n) is 3.15. The number of nitrogens with zero attached hydrogens (tertiary/aromatic N) is 1. The van der Waals surface area contributed by atoms with Gasteiger partial charge in [-0.05, 0) is 42.6 Å². The van der Waals surface area contributed by atoms with Crippen molar-refractivity contribution in [3.05, 3.63) is 56.7 Å². The van der Waals surface area contributed by atoms with E-state index in [-0.39, 0.29) is 11.9 Å². The molecule has 0 saturated carbocycles. The first-order valence-corrected chi connectivity index (χ1v) is 7.80. The molecule has 1 aromatic heterocycles. The van der Waals surface area contributed by atoms with Gasteiger partial charge in [0.1, 0.15) is 0 Å². The molecule has 0 aliphatic rings. The number of carbonyl (C=O) groups excluding carboxylic acids is 1. The van der Waals surface area contributed by atoms with Crippen molar-refractivity contribution < 1.29 is 4.79 Å². The number of thiophene rings is 1. The van der Waals surface area contributed by atoms with Gasteiger partial charge >= 0.3 is 0 Å². The maximum absolute atomic E-state index is 12.3. The van der Waals surface area contributed by atoms with Crippen LogP contribution < -0.4 is 0 Å². The fraction of sp³-hybridized carbons (Fsp3) is 0.267. The molecule has 100 valence electrons. The maximum atomic E-state index is 12.3. The van der Waals surface area contributed by atoms with E-state index in [0.717, 1.165) is 16.5 Å². The van der Waals surface area contributed by atoms with Crippen LogP contribution in [0.25, 0.3) is 0 Å². The van der Waals surface area contributed by atoms with Crippen molar-refractivity contribution in [1.82, 2.24) is 4.90 Å². The Morgan fingerprint density at radius 3 is 2.58 bits per heavy atom. The van der Waals surface area contributed by atoms with Gasteiger partial charge in [0, 0.05) is 34.4 Å². The summed E-state index contributed by atoms with van der Waals surface area (Å²) in [6, 6.07) is 11.8. The summed E-state index contributed by atoms with van der Waals surface area (Å²) in [7, 11) is 1.86. The first-order valence-electron chi connectivity index (χ1n) is 6.13. The number of benzene rings is 1. The molecule has 19 heavy (non-hydrogen) atoms. The second-order valence-corrected chi connectivity index (χ2v) is 6.50. The van der Waals surface area contributed by atoms with Gasteiger partial charge in [0.2, 0.25) is 0 Å². The predicted octanol–water partition coefficient (Wildman–Crippen LogP) is 4.21. The summed E-state index contributed by atoms with van der Waals surface area (Å²) in [4.78, 5) is 15.5. The Kier molecular flexibility index (Phi) is 4.77. The van der Waals surface area contributed by atoms with Crippen molar-refractivity contribution in [3.63, 3.8) is 0 Å². The summed E-state index contributed by atoms with van der Waals surface area (Å²) in [5, 5.41) is 2.07. The normalized spacial score (nSPS) is 12.2. The first kappa shape index (κ1) is 14.3. The Balaban J connectivity index is 2.04. The molecule has 1 amide bonds. The number of rotatable bonds is 4. The highest BCUT2D eigenvalue weighted by atomic mass is 79.9. The number of likely N-dealkylation sites (N-methyl/N-ethyl adjacent to an activating group) is 1. The minimum Gasteiger partial charge on any atom is -0.339 e. The quantitative estimate of drug-likeness (QED) is 0.818. The molecule has 0 spiro atoms. The summed E-state index contributed by atoms with van der Waals surface area (Å²) in [5.74, 6) is 0.0663. The second kappa shape index (κ2) is 6.35. The van der Waals surface area contributed by atoms with Crippen LogP contribution in [-0.2, 0) is 6.42 Å². The van der Waals surface area contributed by atoms with Gasteiger partial charge in [0.15, 0.2) is 0 Å². The molecule has 0 aliphatic carbocycles. The van der Waals surface area contributed by atoms with E-state index < -0.39 is 0 Å². The summed E-state index contributed by atoms with van der Waals surface area (Å²) in [6.45, 7) is 2.08. The van der Waals surface area contributed by atoms with Gasteiger partial charge in [-0.3, -0.25) is 4.79 Å². The van der Waals surface area contributed by atoms with Crippen LogP contribution in [0.15, 0.2) is 46.3 Å². The lowest BCUT2D eigenvalue weighted by atomic mass is 10.1. The molecule has 0 radical (unpaired) electrons. The van der Waals surface area contributed by atoms with Gasteiger partial charge in [-0.1, -0.05) is 22.0 Å². The lowest BCUT2D eigenvalue weighted by Crippen LogP contribution is -2.36. The highest BCUT2D eigenvalue weighted by Gasteiger charge is 2.17. The Morgan fingerprint density at radius 1 is 1.32 bits per heavy atom. The van der Waals surface area contributed by atoms with E-state index in [1.165, 1.54) is 4.88 Å². The van der Waals surface area contributed by atoms with Gasteiger partial charge in [0.25, 0.3) is 5.91 Å². The van der Waals surface area contributed by atoms with Crippen LogP contribution in [-0.4, -0.2) is 23.9 Å². The predicted molar refractivity (Wildman–Crippen MR) is 83.7 cm³/mol. The molecular formula is C15H16BrNOS. The first-order chi connectivity index (χ1) is 9.08. The molecule has 2 aromatic rings. The van der Waals surface area contributed by atoms with Crippen molar-refractivity contribution in [3.8, 4) is 0 Å². The van der Waals surface area contributed by atoms with E-state index in [1.54, 1.807) is 11.3 Å². The Morgan fingerprint density at radius 2 is 2.00 bits per heavy atom. The van der Waals surface area contributed by atoms with Crippen LogP contribution in [0.3, 0.4) is 0 Å². The third-order valence-corrected chi connectivity index (χ3v) is 4.58. The summed E-state index contributed by atoms with van der Waals surface area (Å²) >= 11 is 5.11. The number of hydrogen-bond donors (Lipinski definition) is 0. The van der Waals surface area contributed by atoms with Crippen molar-refractivity contribution in [2.45, 2.75) is 19.4 Å². The maximum Gasteiger partial charge on any atom is 0.253 e. The zero-order valence-electron chi connectivity index (χ0n) is 11.0. The smallest absolute Gasteiger partial charge is 0.253 e. The molecule has 2 rings (SSSR count). The monoisotopic (exact) mass is 337 g/mol. The number of carbonyl (C=O) groups is 1. The average molecular weight is 338 g/mol. The minimum atomic E-state index is 0.0663. The molecule has 1 unspecified atom stereocenters. The summed E-state index contributed by atoms with van der Waals surface area (Å²) in [5.41, 5.74) is 0.726. The number of halogens is 1. The molecule has 1 heterocycles. The van der Waals surface area contributed by atoms with E-state index in [4.69, 9.17) is 0 Å². The lowest BCUT2D eigenvalue weighted by molar-refractivity contribution is 0.0744. The second-order valence-electron chi connectivity index (χ2n) is 4.56. The van der Waals surface area contributed by atoms with Gasteiger partial charge in [0.05, 0.1) is 0 Å². The number of hydrogen-bond acceptors (Lipinski definition) is 2. The molecular weight excluding hydrogens is 322 g/mol. The highest BCUT2D eigenvalue weighted by molar-refractivity contribution is 9.10. The van der Waals surface area contributed by atoms with Gasteiger partial charge in [-0.2, -0.15) is 0 Å². The summed E-state index contributed by atoms with van der Waals surface area (Å²) < 4.78 is 0.985. The molecule has 2 nitrogen and oxygen atoms in total. The van der Waals surface area contributed by atoms with Crippen LogP contribution in [0, 0.1) is 0 Å². The minimum absolute atomic E-state index is 0.0663. The molecule has 0 bridgehead atoms. The third kappa shape index (κ3) is 3.67. The zero-order chi connectivity index (χ0) is 13.8. The molecule has 0 aliphatic heterocycles. The van der Waals surface area contributed by atoms with Crippen molar-refractivity contribution in [1.29, 1.82) is 0 Å². The zero-order valence-corrected chi connectivity index (χ0v) is 13.4. The van der Waals surface area contributed by atoms with Crippen LogP contribution in [0.2, 0.25) is 0 Å². The van der Waals surface area contributed by atoms with Crippen molar-refractivity contribution in [2.75, 3.05) is 7.05 Å². The Bertz CT molecular complexity index is 536.